The van der Waals surface area contributed by atoms with Gasteiger partial charge in [0.05, 0.1) is 5.69 Å². The zero-order chi connectivity index (χ0) is 18.5. The first-order chi connectivity index (χ1) is 12.5. The molecule has 3 rings (SSSR count). The molecule has 0 saturated carbocycles. The second-order valence-corrected chi connectivity index (χ2v) is 6.10. The van der Waals surface area contributed by atoms with Gasteiger partial charge in [-0.15, -0.1) is 0 Å². The number of carbonyl (C=O) groups is 1. The van der Waals surface area contributed by atoms with Gasteiger partial charge in [-0.1, -0.05) is 23.2 Å². The minimum absolute atomic E-state index is 0.178. The summed E-state index contributed by atoms with van der Waals surface area (Å²) in [6, 6.07) is 10.3. The fourth-order valence-electron chi connectivity index (χ4n) is 2.19. The van der Waals surface area contributed by atoms with Crippen molar-refractivity contribution in [1.29, 1.82) is 0 Å². The number of rotatable bonds is 6. The molecular weight excluding hydrogens is 377 g/mol. The number of pyridine rings is 1. The molecule has 0 radical (unpaired) electrons. The van der Waals surface area contributed by atoms with Crippen LogP contribution in [-0.2, 0) is 4.79 Å². The molecule has 26 heavy (non-hydrogen) atoms. The first-order valence-electron chi connectivity index (χ1n) is 7.48. The van der Waals surface area contributed by atoms with Crippen molar-refractivity contribution in [1.82, 2.24) is 15.0 Å². The van der Waals surface area contributed by atoms with E-state index < -0.39 is 5.97 Å². The van der Waals surface area contributed by atoms with E-state index >= 15 is 0 Å². The molecule has 0 fully saturated rings. The summed E-state index contributed by atoms with van der Waals surface area (Å²) >= 11 is 12.0. The number of carboxylic acid groups (broad SMARTS) is 1. The van der Waals surface area contributed by atoms with E-state index in [1.807, 2.05) is 0 Å². The molecule has 3 N–H and O–H groups in total. The number of hydrogen-bond acceptors (Lipinski definition) is 6. The van der Waals surface area contributed by atoms with Crippen molar-refractivity contribution in [3.63, 3.8) is 0 Å². The van der Waals surface area contributed by atoms with Gasteiger partial charge in [0, 0.05) is 39.8 Å². The molecule has 3 aromatic rings. The first kappa shape index (κ1) is 17.9. The highest BCUT2D eigenvalue weighted by atomic mass is 35.5. The number of carboxylic acids is 1. The number of hydrogen-bond donors (Lipinski definition) is 3. The van der Waals surface area contributed by atoms with Gasteiger partial charge >= 0.3 is 5.97 Å². The minimum Gasteiger partial charge on any atom is -0.480 e. The van der Waals surface area contributed by atoms with Crippen molar-refractivity contribution in [2.24, 2.45) is 0 Å². The molecule has 0 aliphatic rings. The van der Waals surface area contributed by atoms with Crippen molar-refractivity contribution < 1.29 is 9.90 Å². The summed E-state index contributed by atoms with van der Waals surface area (Å²) in [4.78, 5) is 23.4. The molecule has 0 aliphatic heterocycles. The lowest BCUT2D eigenvalue weighted by molar-refractivity contribution is -0.134. The summed E-state index contributed by atoms with van der Waals surface area (Å²) in [6.45, 7) is -0.303. The minimum atomic E-state index is -1.01. The molecule has 0 saturated heterocycles. The SMILES string of the molecule is O=C(O)CNc1nc(Nc2cc(Cl)cc(Cl)c2)cc(-c2ccncc2)n1. The molecule has 0 spiro atoms. The molecule has 2 heterocycles. The summed E-state index contributed by atoms with van der Waals surface area (Å²) in [7, 11) is 0. The van der Waals surface area contributed by atoms with Crippen molar-refractivity contribution in [2.45, 2.75) is 0 Å². The van der Waals surface area contributed by atoms with Crippen LogP contribution < -0.4 is 10.6 Å². The van der Waals surface area contributed by atoms with Crippen LogP contribution in [0.5, 0.6) is 0 Å². The van der Waals surface area contributed by atoms with E-state index in [9.17, 15) is 4.79 Å². The van der Waals surface area contributed by atoms with Crippen LogP contribution in [0.1, 0.15) is 0 Å². The number of aromatic nitrogens is 3. The molecular formula is C17H13Cl2N5O2. The number of nitrogens with one attached hydrogen (secondary N) is 2. The summed E-state index contributed by atoms with van der Waals surface area (Å²) < 4.78 is 0. The normalized spacial score (nSPS) is 10.4. The third kappa shape index (κ3) is 4.81. The molecule has 1 aromatic carbocycles. The van der Waals surface area contributed by atoms with Crippen LogP contribution in [0.4, 0.5) is 17.5 Å². The van der Waals surface area contributed by atoms with Gasteiger partial charge < -0.3 is 15.7 Å². The van der Waals surface area contributed by atoms with E-state index in [2.05, 4.69) is 25.6 Å². The maximum absolute atomic E-state index is 10.8. The molecule has 132 valence electrons. The van der Waals surface area contributed by atoms with E-state index in [1.165, 1.54) is 0 Å². The van der Waals surface area contributed by atoms with Crippen LogP contribution in [0.2, 0.25) is 10.0 Å². The van der Waals surface area contributed by atoms with Gasteiger partial charge in [0.1, 0.15) is 12.4 Å². The fourth-order valence-corrected chi connectivity index (χ4v) is 2.72. The largest absolute Gasteiger partial charge is 0.480 e. The number of benzene rings is 1. The number of halogens is 2. The van der Waals surface area contributed by atoms with E-state index in [0.29, 0.717) is 27.2 Å². The van der Waals surface area contributed by atoms with E-state index in [-0.39, 0.29) is 12.5 Å². The Balaban J connectivity index is 1.97. The van der Waals surface area contributed by atoms with Crippen LogP contribution in [0, 0.1) is 0 Å². The highest BCUT2D eigenvalue weighted by molar-refractivity contribution is 6.35. The Morgan fingerprint density at radius 1 is 1.04 bits per heavy atom. The Morgan fingerprint density at radius 2 is 1.73 bits per heavy atom. The van der Waals surface area contributed by atoms with Gasteiger partial charge in [0.2, 0.25) is 5.95 Å². The van der Waals surface area contributed by atoms with Crippen LogP contribution in [0.15, 0.2) is 48.8 Å². The van der Waals surface area contributed by atoms with Crippen LogP contribution in [0.3, 0.4) is 0 Å². The lowest BCUT2D eigenvalue weighted by atomic mass is 10.2. The predicted octanol–water partition coefficient (Wildman–Crippen LogP) is 4.09. The van der Waals surface area contributed by atoms with Crippen molar-refractivity contribution in [2.75, 3.05) is 17.2 Å². The molecule has 7 nitrogen and oxygen atoms in total. The van der Waals surface area contributed by atoms with Gasteiger partial charge in [-0.2, -0.15) is 4.98 Å². The summed E-state index contributed by atoms with van der Waals surface area (Å²) in [5, 5.41) is 15.6. The Labute approximate surface area is 159 Å². The monoisotopic (exact) mass is 389 g/mol. The molecule has 2 aromatic heterocycles. The van der Waals surface area contributed by atoms with Crippen molar-refractivity contribution >= 4 is 46.6 Å². The third-order valence-corrected chi connectivity index (χ3v) is 3.67. The van der Waals surface area contributed by atoms with Crippen molar-refractivity contribution in [3.05, 3.63) is 58.8 Å². The Kier molecular flexibility index (Phi) is 5.50. The highest BCUT2D eigenvalue weighted by Crippen LogP contribution is 2.27. The average molecular weight is 390 g/mol. The zero-order valence-corrected chi connectivity index (χ0v) is 14.8. The lowest BCUT2D eigenvalue weighted by Gasteiger charge is -2.11. The van der Waals surface area contributed by atoms with E-state index in [1.54, 1.807) is 48.8 Å². The topological polar surface area (TPSA) is 100 Å². The van der Waals surface area contributed by atoms with Gasteiger partial charge in [-0.3, -0.25) is 9.78 Å². The Morgan fingerprint density at radius 3 is 2.38 bits per heavy atom. The quantitative estimate of drug-likeness (QED) is 0.583. The number of anilines is 3. The Bertz CT molecular complexity index is 917. The van der Waals surface area contributed by atoms with Gasteiger partial charge in [0.15, 0.2) is 0 Å². The molecule has 0 atom stereocenters. The second kappa shape index (κ2) is 7.99. The zero-order valence-electron chi connectivity index (χ0n) is 13.3. The second-order valence-electron chi connectivity index (χ2n) is 5.23. The molecule has 0 unspecified atom stereocenters. The van der Waals surface area contributed by atoms with E-state index in [0.717, 1.165) is 5.56 Å². The van der Waals surface area contributed by atoms with Crippen LogP contribution >= 0.6 is 23.2 Å². The average Bonchev–Trinajstić information content (AvgIpc) is 2.59. The van der Waals surface area contributed by atoms with Crippen LogP contribution in [-0.4, -0.2) is 32.6 Å². The maximum atomic E-state index is 10.8. The Hall–Kier alpha value is -2.90. The smallest absolute Gasteiger partial charge is 0.322 e. The highest BCUT2D eigenvalue weighted by Gasteiger charge is 2.09. The maximum Gasteiger partial charge on any atom is 0.322 e. The molecule has 9 heteroatoms. The summed E-state index contributed by atoms with van der Waals surface area (Å²) in [6.07, 6.45) is 3.29. The number of nitrogens with zero attached hydrogens (tertiary/aromatic N) is 3. The van der Waals surface area contributed by atoms with Gasteiger partial charge in [-0.05, 0) is 30.3 Å². The summed E-state index contributed by atoms with van der Waals surface area (Å²) in [5.74, 6) is -0.380. The summed E-state index contributed by atoms with van der Waals surface area (Å²) in [5.41, 5.74) is 2.06. The predicted molar refractivity (Wildman–Crippen MR) is 101 cm³/mol. The van der Waals surface area contributed by atoms with Crippen molar-refractivity contribution in [3.8, 4) is 11.3 Å². The van der Waals surface area contributed by atoms with E-state index in [4.69, 9.17) is 28.3 Å². The molecule has 0 bridgehead atoms. The standard InChI is InChI=1S/C17H13Cl2N5O2/c18-11-5-12(19)7-13(6-11)22-15-8-14(10-1-3-20-4-2-10)23-17(24-15)21-9-16(25)26/h1-8H,9H2,(H,25,26)(H2,21,22,23,24). The molecule has 0 amide bonds. The number of aliphatic carboxylic acids is 1. The van der Waals surface area contributed by atoms with Crippen LogP contribution in [0.25, 0.3) is 11.3 Å². The first-order valence-corrected chi connectivity index (χ1v) is 8.23. The third-order valence-electron chi connectivity index (χ3n) is 3.23. The lowest BCUT2D eigenvalue weighted by Crippen LogP contribution is -2.15. The molecule has 0 aliphatic carbocycles. The van der Waals surface area contributed by atoms with Gasteiger partial charge in [0.25, 0.3) is 0 Å². The van der Waals surface area contributed by atoms with Gasteiger partial charge in [-0.25, -0.2) is 4.98 Å². The fraction of sp³-hybridized carbons (Fsp3) is 0.0588.